The summed E-state index contributed by atoms with van der Waals surface area (Å²) in [6.07, 6.45) is 0. The van der Waals surface area contributed by atoms with E-state index in [2.05, 4.69) is 47.3 Å². The summed E-state index contributed by atoms with van der Waals surface area (Å²) in [6.45, 7) is 6.79. The molecule has 0 amide bonds. The molecule has 0 bridgehead atoms. The largest absolute Gasteiger partial charge is 0.494 e. The second-order valence-corrected chi connectivity index (χ2v) is 5.83. The van der Waals surface area contributed by atoms with Gasteiger partial charge in [0.2, 0.25) is 0 Å². The van der Waals surface area contributed by atoms with E-state index in [9.17, 15) is 0 Å². The number of benzene rings is 2. The Hall–Kier alpha value is -1.36. The first-order valence-electron chi connectivity index (χ1n) is 7.03. The highest BCUT2D eigenvalue weighted by Gasteiger charge is 2.18. The van der Waals surface area contributed by atoms with Crippen LogP contribution in [-0.2, 0) is 0 Å². The number of para-hydroxylation sites is 1. The first-order chi connectivity index (χ1) is 10.1. The Labute approximate surface area is 134 Å². The molecule has 2 rings (SSSR count). The van der Waals surface area contributed by atoms with Crippen LogP contribution in [0.3, 0.4) is 0 Å². The average molecular weight is 349 g/mol. The van der Waals surface area contributed by atoms with Crippen molar-refractivity contribution in [3.8, 4) is 5.75 Å². The van der Waals surface area contributed by atoms with Gasteiger partial charge in [-0.05, 0) is 43.5 Å². The minimum atomic E-state index is -0.0988. The molecule has 2 aromatic rings. The maximum absolute atomic E-state index is 5.82. The minimum absolute atomic E-state index is 0.0988. The molecule has 0 saturated heterocycles. The molecule has 0 saturated carbocycles. The van der Waals surface area contributed by atoms with Crippen molar-refractivity contribution in [1.82, 2.24) is 5.43 Å². The molecule has 0 heterocycles. The van der Waals surface area contributed by atoms with Crippen molar-refractivity contribution in [2.75, 3.05) is 6.61 Å². The van der Waals surface area contributed by atoms with Crippen molar-refractivity contribution in [3.63, 3.8) is 0 Å². The van der Waals surface area contributed by atoms with Gasteiger partial charge in [0.05, 0.1) is 12.6 Å². The van der Waals surface area contributed by atoms with Crippen LogP contribution in [0, 0.1) is 13.8 Å². The molecule has 0 fully saturated rings. The molecule has 2 aromatic carbocycles. The molecule has 1 unspecified atom stereocenters. The number of hydrogen-bond donors (Lipinski definition) is 2. The van der Waals surface area contributed by atoms with Crippen LogP contribution in [0.15, 0.2) is 40.9 Å². The lowest BCUT2D eigenvalue weighted by atomic mass is 9.95. The molecule has 3 N–H and O–H groups in total. The number of nitrogens with two attached hydrogens (primary N) is 1. The fraction of sp³-hybridized carbons (Fsp3) is 0.294. The molecule has 1 atom stereocenters. The number of nitrogens with one attached hydrogen (secondary N) is 1. The Kier molecular flexibility index (Phi) is 5.39. The standard InChI is InChI=1S/C17H21BrN2O/c1-4-21-15-8-6-5-7-14(15)17(20-19)13-9-11(2)16(18)12(3)10-13/h5-10,17,20H,4,19H2,1-3H3. The highest BCUT2D eigenvalue weighted by molar-refractivity contribution is 9.10. The summed E-state index contributed by atoms with van der Waals surface area (Å²) in [5.74, 6) is 6.68. The number of halogens is 1. The van der Waals surface area contributed by atoms with Crippen LogP contribution in [0.4, 0.5) is 0 Å². The predicted octanol–water partition coefficient (Wildman–Crippen LogP) is 4.02. The number of hydrazine groups is 1. The van der Waals surface area contributed by atoms with Crippen molar-refractivity contribution in [3.05, 3.63) is 63.1 Å². The van der Waals surface area contributed by atoms with E-state index < -0.39 is 0 Å². The van der Waals surface area contributed by atoms with Gasteiger partial charge in [0.1, 0.15) is 5.75 Å². The third-order valence-electron chi connectivity index (χ3n) is 3.49. The Balaban J connectivity index is 2.50. The van der Waals surface area contributed by atoms with Crippen molar-refractivity contribution in [1.29, 1.82) is 0 Å². The molecule has 0 aromatic heterocycles. The third kappa shape index (κ3) is 3.46. The van der Waals surface area contributed by atoms with Crippen LogP contribution in [0.25, 0.3) is 0 Å². The molecule has 4 heteroatoms. The lowest BCUT2D eigenvalue weighted by molar-refractivity contribution is 0.333. The zero-order chi connectivity index (χ0) is 15.4. The maximum Gasteiger partial charge on any atom is 0.124 e. The van der Waals surface area contributed by atoms with E-state index in [1.807, 2.05) is 31.2 Å². The van der Waals surface area contributed by atoms with Crippen LogP contribution < -0.4 is 16.0 Å². The fourth-order valence-electron chi connectivity index (χ4n) is 2.52. The minimum Gasteiger partial charge on any atom is -0.494 e. The molecule has 0 aliphatic carbocycles. The van der Waals surface area contributed by atoms with Gasteiger partial charge in [-0.1, -0.05) is 46.3 Å². The van der Waals surface area contributed by atoms with Gasteiger partial charge >= 0.3 is 0 Å². The van der Waals surface area contributed by atoms with Gasteiger partial charge in [-0.3, -0.25) is 5.84 Å². The van der Waals surface area contributed by atoms with E-state index in [1.54, 1.807) is 0 Å². The molecule has 0 spiro atoms. The highest BCUT2D eigenvalue weighted by atomic mass is 79.9. The zero-order valence-electron chi connectivity index (χ0n) is 12.6. The maximum atomic E-state index is 5.82. The average Bonchev–Trinajstić information content (AvgIpc) is 2.47. The number of aryl methyl sites for hydroxylation is 2. The zero-order valence-corrected chi connectivity index (χ0v) is 14.2. The molecular weight excluding hydrogens is 328 g/mol. The van der Waals surface area contributed by atoms with Gasteiger partial charge in [-0.2, -0.15) is 0 Å². The van der Waals surface area contributed by atoms with Crippen LogP contribution in [0.5, 0.6) is 5.75 Å². The van der Waals surface area contributed by atoms with Gasteiger partial charge in [-0.25, -0.2) is 5.43 Å². The van der Waals surface area contributed by atoms with Gasteiger partial charge in [0.25, 0.3) is 0 Å². The first-order valence-corrected chi connectivity index (χ1v) is 7.82. The smallest absolute Gasteiger partial charge is 0.124 e. The van der Waals surface area contributed by atoms with Crippen LogP contribution in [-0.4, -0.2) is 6.61 Å². The molecule has 0 radical (unpaired) electrons. The van der Waals surface area contributed by atoms with E-state index in [0.29, 0.717) is 6.61 Å². The second-order valence-electron chi connectivity index (χ2n) is 5.04. The molecule has 3 nitrogen and oxygen atoms in total. The lowest BCUT2D eigenvalue weighted by Gasteiger charge is -2.21. The van der Waals surface area contributed by atoms with E-state index in [1.165, 1.54) is 11.1 Å². The second kappa shape index (κ2) is 7.07. The fourth-order valence-corrected chi connectivity index (χ4v) is 2.75. The molecular formula is C17H21BrN2O. The summed E-state index contributed by atoms with van der Waals surface area (Å²) in [4.78, 5) is 0. The van der Waals surface area contributed by atoms with E-state index >= 15 is 0 Å². The summed E-state index contributed by atoms with van der Waals surface area (Å²) in [5.41, 5.74) is 7.47. The Morgan fingerprint density at radius 1 is 1.19 bits per heavy atom. The summed E-state index contributed by atoms with van der Waals surface area (Å²) in [6, 6.07) is 12.2. The quantitative estimate of drug-likeness (QED) is 0.633. The van der Waals surface area contributed by atoms with Gasteiger partial charge in [-0.15, -0.1) is 0 Å². The summed E-state index contributed by atoms with van der Waals surface area (Å²) < 4.78 is 6.86. The normalized spacial score (nSPS) is 12.2. The summed E-state index contributed by atoms with van der Waals surface area (Å²) in [5, 5.41) is 0. The molecule has 0 aliphatic heterocycles. The van der Waals surface area contributed by atoms with Crippen LogP contribution in [0.1, 0.15) is 35.2 Å². The van der Waals surface area contributed by atoms with E-state index in [4.69, 9.17) is 10.6 Å². The molecule has 0 aliphatic rings. The van der Waals surface area contributed by atoms with E-state index in [0.717, 1.165) is 21.3 Å². The van der Waals surface area contributed by atoms with Crippen molar-refractivity contribution >= 4 is 15.9 Å². The predicted molar refractivity (Wildman–Crippen MR) is 90.4 cm³/mol. The highest BCUT2D eigenvalue weighted by Crippen LogP contribution is 2.32. The van der Waals surface area contributed by atoms with Crippen LogP contribution >= 0.6 is 15.9 Å². The lowest BCUT2D eigenvalue weighted by Crippen LogP contribution is -2.29. The van der Waals surface area contributed by atoms with Crippen molar-refractivity contribution < 1.29 is 4.74 Å². The topological polar surface area (TPSA) is 47.3 Å². The Morgan fingerprint density at radius 2 is 1.81 bits per heavy atom. The summed E-state index contributed by atoms with van der Waals surface area (Å²) in [7, 11) is 0. The van der Waals surface area contributed by atoms with E-state index in [-0.39, 0.29) is 6.04 Å². The van der Waals surface area contributed by atoms with Gasteiger partial charge in [0, 0.05) is 10.0 Å². The third-order valence-corrected chi connectivity index (χ3v) is 4.74. The van der Waals surface area contributed by atoms with Crippen LogP contribution in [0.2, 0.25) is 0 Å². The number of hydrogen-bond acceptors (Lipinski definition) is 3. The first kappa shape index (κ1) is 16.0. The SMILES string of the molecule is CCOc1ccccc1C(NN)c1cc(C)c(Br)c(C)c1. The molecule has 112 valence electrons. The number of rotatable bonds is 5. The van der Waals surface area contributed by atoms with Crippen molar-refractivity contribution in [2.24, 2.45) is 5.84 Å². The Bertz CT molecular complexity index is 605. The Morgan fingerprint density at radius 3 is 2.38 bits per heavy atom. The monoisotopic (exact) mass is 348 g/mol. The number of ether oxygens (including phenoxy) is 1. The summed E-state index contributed by atoms with van der Waals surface area (Å²) >= 11 is 3.60. The molecule has 21 heavy (non-hydrogen) atoms. The van der Waals surface area contributed by atoms with Gasteiger partial charge < -0.3 is 4.74 Å². The van der Waals surface area contributed by atoms with Gasteiger partial charge in [0.15, 0.2) is 0 Å². The van der Waals surface area contributed by atoms with Crippen molar-refractivity contribution in [2.45, 2.75) is 26.8 Å².